The maximum atomic E-state index is 12.6. The maximum Gasteiger partial charge on any atom is 0.278 e. The molecule has 0 spiro atoms. The first-order valence-electron chi connectivity index (χ1n) is 6.85. The summed E-state index contributed by atoms with van der Waals surface area (Å²) in [6, 6.07) is 3.92. The van der Waals surface area contributed by atoms with Crippen molar-refractivity contribution < 1.29 is 19.5 Å². The third-order valence-corrected chi connectivity index (χ3v) is 4.03. The van der Waals surface area contributed by atoms with Gasteiger partial charge in [0.25, 0.3) is 5.91 Å². The Morgan fingerprint density at radius 3 is 2.86 bits per heavy atom. The van der Waals surface area contributed by atoms with E-state index in [1.807, 2.05) is 0 Å². The normalized spacial score (nSPS) is 20.6. The molecule has 110 valence electrons. The highest BCUT2D eigenvalue weighted by Gasteiger charge is 2.41. The summed E-state index contributed by atoms with van der Waals surface area (Å²) in [5.74, 6) is -1.23. The molecule has 1 saturated heterocycles. The average molecular weight is 297 g/mol. The first-order chi connectivity index (χ1) is 10.6. The van der Waals surface area contributed by atoms with Gasteiger partial charge in [0.1, 0.15) is 17.5 Å². The van der Waals surface area contributed by atoms with Crippen LogP contribution in [0.15, 0.2) is 24.4 Å². The molecule has 2 aliphatic rings. The standard InChI is InChI=1S/C15H11N3O4/c19-8-5-7-3-4-16-13-12(7)10(6-8)18(15(13)22)9-1-2-11(20)17-14(9)21/h3-6,9,19H,1-2H2,(H,17,20,21). The van der Waals surface area contributed by atoms with Crippen molar-refractivity contribution in [3.8, 4) is 5.75 Å². The van der Waals surface area contributed by atoms with E-state index in [9.17, 15) is 19.5 Å². The summed E-state index contributed by atoms with van der Waals surface area (Å²) in [5.41, 5.74) is 0.717. The molecule has 1 aromatic carbocycles. The molecule has 1 aromatic heterocycles. The monoisotopic (exact) mass is 297 g/mol. The number of pyridine rings is 1. The molecule has 4 rings (SSSR count). The Kier molecular flexibility index (Phi) is 2.47. The molecule has 3 heterocycles. The third kappa shape index (κ3) is 1.62. The van der Waals surface area contributed by atoms with E-state index in [1.165, 1.54) is 17.2 Å². The lowest BCUT2D eigenvalue weighted by molar-refractivity contribution is -0.134. The lowest BCUT2D eigenvalue weighted by Crippen LogP contribution is -2.53. The molecule has 3 amide bonds. The summed E-state index contributed by atoms with van der Waals surface area (Å²) in [6.45, 7) is 0. The van der Waals surface area contributed by atoms with Crippen LogP contribution in [-0.2, 0) is 9.59 Å². The minimum absolute atomic E-state index is 0.00615. The Balaban J connectivity index is 1.89. The predicted octanol–water partition coefficient (Wildman–Crippen LogP) is 0.706. The number of phenols is 1. The molecule has 7 nitrogen and oxygen atoms in total. The highest BCUT2D eigenvalue weighted by Crippen LogP contribution is 2.40. The van der Waals surface area contributed by atoms with Crippen LogP contribution in [0.1, 0.15) is 23.3 Å². The van der Waals surface area contributed by atoms with E-state index in [0.29, 0.717) is 16.5 Å². The van der Waals surface area contributed by atoms with Gasteiger partial charge in [-0.2, -0.15) is 0 Å². The van der Waals surface area contributed by atoms with E-state index in [1.54, 1.807) is 12.1 Å². The molecule has 1 atom stereocenters. The number of rotatable bonds is 1. The van der Waals surface area contributed by atoms with E-state index in [2.05, 4.69) is 10.3 Å². The number of phenolic OH excluding ortho intramolecular Hbond substituents is 1. The Labute approximate surface area is 124 Å². The van der Waals surface area contributed by atoms with Gasteiger partial charge in [0.2, 0.25) is 11.8 Å². The topological polar surface area (TPSA) is 99.6 Å². The van der Waals surface area contributed by atoms with Crippen LogP contribution in [0, 0.1) is 0 Å². The van der Waals surface area contributed by atoms with E-state index in [-0.39, 0.29) is 36.1 Å². The fourth-order valence-corrected chi connectivity index (χ4v) is 3.09. The van der Waals surface area contributed by atoms with E-state index < -0.39 is 11.9 Å². The number of carbonyl (C=O) groups is 3. The zero-order valence-corrected chi connectivity index (χ0v) is 11.4. The molecule has 1 unspecified atom stereocenters. The molecule has 2 N–H and O–H groups in total. The van der Waals surface area contributed by atoms with Crippen LogP contribution in [0.5, 0.6) is 5.75 Å². The van der Waals surface area contributed by atoms with Crippen LogP contribution in [0.3, 0.4) is 0 Å². The summed E-state index contributed by atoms with van der Waals surface area (Å²) in [5, 5.41) is 13.4. The van der Waals surface area contributed by atoms with Crippen LogP contribution in [0.4, 0.5) is 5.69 Å². The van der Waals surface area contributed by atoms with Gasteiger partial charge in [-0.15, -0.1) is 0 Å². The van der Waals surface area contributed by atoms with Gasteiger partial charge in [-0.1, -0.05) is 0 Å². The van der Waals surface area contributed by atoms with Crippen molar-refractivity contribution in [3.05, 3.63) is 30.1 Å². The van der Waals surface area contributed by atoms with Gasteiger partial charge in [-0.3, -0.25) is 29.6 Å². The summed E-state index contributed by atoms with van der Waals surface area (Å²) in [4.78, 5) is 41.4. The van der Waals surface area contributed by atoms with Crippen LogP contribution in [-0.4, -0.2) is 33.9 Å². The van der Waals surface area contributed by atoms with Crippen molar-refractivity contribution in [1.29, 1.82) is 0 Å². The number of benzene rings is 1. The zero-order chi connectivity index (χ0) is 15.4. The second-order valence-electron chi connectivity index (χ2n) is 5.36. The minimum atomic E-state index is -0.774. The number of nitrogens with one attached hydrogen (secondary N) is 1. The zero-order valence-electron chi connectivity index (χ0n) is 11.4. The van der Waals surface area contributed by atoms with Gasteiger partial charge in [0.05, 0.1) is 5.69 Å². The number of carbonyl (C=O) groups excluding carboxylic acids is 3. The maximum absolute atomic E-state index is 12.6. The Morgan fingerprint density at radius 1 is 1.27 bits per heavy atom. The molecule has 2 aliphatic heterocycles. The second-order valence-corrected chi connectivity index (χ2v) is 5.36. The predicted molar refractivity (Wildman–Crippen MR) is 76.4 cm³/mol. The Hall–Kier alpha value is -2.96. The van der Waals surface area contributed by atoms with Gasteiger partial charge in [-0.25, -0.2) is 0 Å². The number of aromatic hydroxyl groups is 1. The van der Waals surface area contributed by atoms with Gasteiger partial charge < -0.3 is 5.11 Å². The van der Waals surface area contributed by atoms with Crippen LogP contribution in [0.25, 0.3) is 10.8 Å². The lowest BCUT2D eigenvalue weighted by atomic mass is 10.0. The SMILES string of the molecule is O=C1CCC(N2C(=O)c3nccc4cc(O)cc2c34)C(=O)N1. The van der Waals surface area contributed by atoms with Crippen molar-refractivity contribution in [3.63, 3.8) is 0 Å². The quantitative estimate of drug-likeness (QED) is 0.755. The summed E-state index contributed by atoms with van der Waals surface area (Å²) >= 11 is 0. The molecule has 0 aliphatic carbocycles. The number of aromatic nitrogens is 1. The highest BCUT2D eigenvalue weighted by atomic mass is 16.3. The summed E-state index contributed by atoms with van der Waals surface area (Å²) < 4.78 is 0. The number of anilines is 1. The van der Waals surface area contributed by atoms with Crippen molar-refractivity contribution in [2.24, 2.45) is 0 Å². The van der Waals surface area contributed by atoms with Crippen LogP contribution < -0.4 is 10.2 Å². The number of piperidine rings is 1. The lowest BCUT2D eigenvalue weighted by Gasteiger charge is -2.30. The smallest absolute Gasteiger partial charge is 0.278 e. The van der Waals surface area contributed by atoms with Crippen molar-refractivity contribution >= 4 is 34.2 Å². The highest BCUT2D eigenvalue weighted by molar-refractivity contribution is 6.26. The van der Waals surface area contributed by atoms with Crippen LogP contribution >= 0.6 is 0 Å². The van der Waals surface area contributed by atoms with Gasteiger partial charge >= 0.3 is 0 Å². The molecular formula is C15H11N3O4. The van der Waals surface area contributed by atoms with Gasteiger partial charge in [0.15, 0.2) is 0 Å². The molecule has 0 radical (unpaired) electrons. The van der Waals surface area contributed by atoms with Crippen molar-refractivity contribution in [1.82, 2.24) is 10.3 Å². The van der Waals surface area contributed by atoms with Gasteiger partial charge in [0, 0.05) is 24.1 Å². The van der Waals surface area contributed by atoms with E-state index in [4.69, 9.17) is 0 Å². The first kappa shape index (κ1) is 12.8. The molecule has 2 aromatic rings. The van der Waals surface area contributed by atoms with Crippen molar-refractivity contribution in [2.75, 3.05) is 4.90 Å². The average Bonchev–Trinajstić information content (AvgIpc) is 2.74. The molecule has 1 fully saturated rings. The summed E-state index contributed by atoms with van der Waals surface area (Å²) in [6.07, 6.45) is 1.92. The molecule has 7 heteroatoms. The Morgan fingerprint density at radius 2 is 2.09 bits per heavy atom. The minimum Gasteiger partial charge on any atom is -0.508 e. The fraction of sp³-hybridized carbons (Fsp3) is 0.200. The van der Waals surface area contributed by atoms with Crippen LogP contribution in [0.2, 0.25) is 0 Å². The molecular weight excluding hydrogens is 286 g/mol. The number of nitrogens with zero attached hydrogens (tertiary/aromatic N) is 2. The second kappa shape index (κ2) is 4.27. The molecule has 0 saturated carbocycles. The fourth-order valence-electron chi connectivity index (χ4n) is 3.09. The molecule has 22 heavy (non-hydrogen) atoms. The van der Waals surface area contributed by atoms with Crippen molar-refractivity contribution in [2.45, 2.75) is 18.9 Å². The number of amides is 3. The Bertz CT molecular complexity index is 861. The first-order valence-corrected chi connectivity index (χ1v) is 6.85. The van der Waals surface area contributed by atoms with E-state index in [0.717, 1.165) is 0 Å². The largest absolute Gasteiger partial charge is 0.508 e. The molecule has 0 bridgehead atoms. The number of hydrogen-bond acceptors (Lipinski definition) is 5. The van der Waals surface area contributed by atoms with Gasteiger partial charge in [-0.05, 0) is 23.9 Å². The summed E-state index contributed by atoms with van der Waals surface area (Å²) in [7, 11) is 0. The third-order valence-electron chi connectivity index (χ3n) is 4.03. The number of hydrogen-bond donors (Lipinski definition) is 2. The number of imide groups is 1. The van der Waals surface area contributed by atoms with E-state index >= 15 is 0 Å².